The van der Waals surface area contributed by atoms with Gasteiger partial charge in [0.25, 0.3) is 10.0 Å². The van der Waals surface area contributed by atoms with Crippen molar-refractivity contribution in [2.45, 2.75) is 55.1 Å². The molecular formula is C24H32N4O3S. The third kappa shape index (κ3) is 3.83. The Hall–Kier alpha value is -2.00. The average molecular weight is 457 g/mol. The molecule has 0 bridgehead atoms. The maximum atomic E-state index is 13.3. The first-order chi connectivity index (χ1) is 15.5. The lowest BCUT2D eigenvalue weighted by molar-refractivity contribution is -0.0554. The zero-order chi connectivity index (χ0) is 22.3. The largest absolute Gasteiger partial charge is 0.395 e. The molecule has 7 nitrogen and oxygen atoms in total. The van der Waals surface area contributed by atoms with E-state index in [-0.39, 0.29) is 29.6 Å². The number of imidazole rings is 1. The smallest absolute Gasteiger partial charge is 0.262 e. The van der Waals surface area contributed by atoms with Gasteiger partial charge in [0.1, 0.15) is 0 Å². The summed E-state index contributed by atoms with van der Waals surface area (Å²) in [6.07, 6.45) is 10.7. The maximum Gasteiger partial charge on any atom is 0.262 e. The van der Waals surface area contributed by atoms with Crippen LogP contribution in [0.15, 0.2) is 47.9 Å². The van der Waals surface area contributed by atoms with E-state index in [4.69, 9.17) is 0 Å². The van der Waals surface area contributed by atoms with Gasteiger partial charge in [-0.2, -0.15) is 4.31 Å². The molecule has 0 amide bonds. The standard InChI is InChI=1S/C24H32N4O3S/c1-26-15-23(25-17-26)32(30,31)27-12-4-5-13-28-21(14-27)24(22(28)16-29)20-10-8-19(9-11-20)18-6-2-3-7-18/h6,8-11,15,17,21-22,24,29H,2-5,7,12-14,16H2,1H3/t21-,22+,24+/m0/s1. The van der Waals surface area contributed by atoms with Crippen molar-refractivity contribution in [2.24, 2.45) is 7.05 Å². The fourth-order valence-electron chi connectivity index (χ4n) is 5.63. The molecule has 1 aliphatic carbocycles. The molecule has 2 aromatic rings. The van der Waals surface area contributed by atoms with Crippen LogP contribution in [0.2, 0.25) is 0 Å². The second-order valence-corrected chi connectivity index (χ2v) is 11.2. The molecule has 0 saturated carbocycles. The van der Waals surface area contributed by atoms with Gasteiger partial charge >= 0.3 is 0 Å². The number of allylic oxidation sites excluding steroid dienone is 2. The monoisotopic (exact) mass is 456 g/mol. The Kier molecular flexibility index (Phi) is 5.96. The minimum atomic E-state index is -3.65. The minimum Gasteiger partial charge on any atom is -0.395 e. The Bertz CT molecular complexity index is 1090. The molecule has 8 heteroatoms. The first kappa shape index (κ1) is 21.8. The summed E-state index contributed by atoms with van der Waals surface area (Å²) in [5.41, 5.74) is 3.88. The summed E-state index contributed by atoms with van der Waals surface area (Å²) in [6.45, 7) is 1.91. The van der Waals surface area contributed by atoms with Crippen LogP contribution in [-0.4, -0.2) is 70.6 Å². The van der Waals surface area contributed by atoms with E-state index in [0.29, 0.717) is 13.1 Å². The lowest BCUT2D eigenvalue weighted by Gasteiger charge is -2.57. The molecule has 5 rings (SSSR count). The Balaban J connectivity index is 1.41. The molecule has 0 radical (unpaired) electrons. The number of fused-ring (bicyclic) bond motifs is 1. The summed E-state index contributed by atoms with van der Waals surface area (Å²) in [6, 6.07) is 8.83. The highest BCUT2D eigenvalue weighted by atomic mass is 32.2. The van der Waals surface area contributed by atoms with Gasteiger partial charge in [-0.1, -0.05) is 30.3 Å². The second-order valence-electron chi connectivity index (χ2n) is 9.27. The summed E-state index contributed by atoms with van der Waals surface area (Å²) in [5, 5.41) is 10.3. The number of hydrogen-bond acceptors (Lipinski definition) is 5. The lowest BCUT2D eigenvalue weighted by Crippen LogP contribution is -2.67. The molecule has 32 heavy (non-hydrogen) atoms. The van der Waals surface area contributed by atoms with E-state index in [1.54, 1.807) is 22.1 Å². The Morgan fingerprint density at radius 3 is 2.56 bits per heavy atom. The van der Waals surface area contributed by atoms with Crippen LogP contribution in [0.3, 0.4) is 0 Å². The van der Waals surface area contributed by atoms with Gasteiger partial charge in [0.2, 0.25) is 0 Å². The van der Waals surface area contributed by atoms with E-state index in [9.17, 15) is 13.5 Å². The summed E-state index contributed by atoms with van der Waals surface area (Å²) in [4.78, 5) is 6.41. The second kappa shape index (κ2) is 8.74. The SMILES string of the molecule is Cn1cnc(S(=O)(=O)N2CCCCN3[C@H](CO)[C@H](c4ccc(C5=CCCC5)cc4)[C@@H]3C2)c1. The number of hydrogen-bond donors (Lipinski definition) is 1. The van der Waals surface area contributed by atoms with Crippen LogP contribution < -0.4 is 0 Å². The fraction of sp³-hybridized carbons (Fsp3) is 0.542. The number of aliphatic hydroxyl groups is 1. The van der Waals surface area contributed by atoms with Gasteiger partial charge in [-0.15, -0.1) is 0 Å². The van der Waals surface area contributed by atoms with Crippen molar-refractivity contribution in [3.63, 3.8) is 0 Å². The summed E-state index contributed by atoms with van der Waals surface area (Å²) < 4.78 is 29.9. The van der Waals surface area contributed by atoms with Crippen LogP contribution in [0.4, 0.5) is 0 Å². The molecule has 3 heterocycles. The number of rotatable bonds is 5. The van der Waals surface area contributed by atoms with E-state index in [1.165, 1.54) is 29.4 Å². The van der Waals surface area contributed by atoms with Gasteiger partial charge in [-0.05, 0) is 55.3 Å². The third-order valence-corrected chi connectivity index (χ3v) is 9.08. The van der Waals surface area contributed by atoms with Crippen LogP contribution in [0, 0.1) is 0 Å². The number of aryl methyl sites for hydroxylation is 1. The Morgan fingerprint density at radius 2 is 1.91 bits per heavy atom. The summed E-state index contributed by atoms with van der Waals surface area (Å²) >= 11 is 0. The van der Waals surface area contributed by atoms with Crippen LogP contribution in [0.5, 0.6) is 0 Å². The number of benzene rings is 1. The highest BCUT2D eigenvalue weighted by Crippen LogP contribution is 2.43. The van der Waals surface area contributed by atoms with Crippen molar-refractivity contribution in [2.75, 3.05) is 26.2 Å². The summed E-state index contributed by atoms with van der Waals surface area (Å²) in [5.74, 6) is 0.117. The van der Waals surface area contributed by atoms with Crippen LogP contribution in [0.1, 0.15) is 49.1 Å². The molecule has 2 aliphatic heterocycles. The predicted molar refractivity (Wildman–Crippen MR) is 124 cm³/mol. The highest BCUT2D eigenvalue weighted by molar-refractivity contribution is 7.89. The summed E-state index contributed by atoms with van der Waals surface area (Å²) in [7, 11) is -1.87. The number of aromatic nitrogens is 2. The van der Waals surface area contributed by atoms with Gasteiger partial charge in [-0.25, -0.2) is 13.4 Å². The number of sulfonamides is 1. The number of nitrogens with zero attached hydrogens (tertiary/aromatic N) is 4. The molecule has 3 atom stereocenters. The average Bonchev–Trinajstić information content (AvgIpc) is 3.45. The van der Waals surface area contributed by atoms with E-state index in [0.717, 1.165) is 32.2 Å². The fourth-order valence-corrected chi connectivity index (χ4v) is 7.10. The van der Waals surface area contributed by atoms with E-state index in [1.807, 2.05) is 0 Å². The molecule has 172 valence electrons. The van der Waals surface area contributed by atoms with E-state index < -0.39 is 10.0 Å². The molecule has 0 spiro atoms. The predicted octanol–water partition coefficient (Wildman–Crippen LogP) is 2.60. The topological polar surface area (TPSA) is 78.7 Å². The van der Waals surface area contributed by atoms with Crippen molar-refractivity contribution in [3.05, 3.63) is 54.0 Å². The molecule has 1 N–H and O–H groups in total. The quantitative estimate of drug-likeness (QED) is 0.748. The Morgan fingerprint density at radius 1 is 1.12 bits per heavy atom. The normalized spacial score (nSPS) is 27.3. The first-order valence-electron chi connectivity index (χ1n) is 11.6. The maximum absolute atomic E-state index is 13.3. The lowest BCUT2D eigenvalue weighted by atomic mass is 9.74. The van der Waals surface area contributed by atoms with Crippen LogP contribution >= 0.6 is 0 Å². The van der Waals surface area contributed by atoms with Gasteiger partial charge in [-0.3, -0.25) is 4.90 Å². The third-order valence-electron chi connectivity index (χ3n) is 7.33. The van der Waals surface area contributed by atoms with Crippen molar-refractivity contribution in [1.82, 2.24) is 18.8 Å². The van der Waals surface area contributed by atoms with Crippen molar-refractivity contribution in [1.29, 1.82) is 0 Å². The van der Waals surface area contributed by atoms with E-state index in [2.05, 4.69) is 40.2 Å². The zero-order valence-corrected chi connectivity index (χ0v) is 19.4. The van der Waals surface area contributed by atoms with Gasteiger partial charge in [0.15, 0.2) is 5.03 Å². The minimum absolute atomic E-state index is 0.0362. The highest BCUT2D eigenvalue weighted by Gasteiger charge is 2.50. The van der Waals surface area contributed by atoms with Gasteiger partial charge in [0.05, 0.1) is 12.9 Å². The molecule has 2 fully saturated rings. The molecular weight excluding hydrogens is 424 g/mol. The zero-order valence-electron chi connectivity index (χ0n) is 18.6. The Labute approximate surface area is 190 Å². The molecule has 3 aliphatic rings. The first-order valence-corrected chi connectivity index (χ1v) is 13.1. The number of aliphatic hydroxyl groups excluding tert-OH is 1. The van der Waals surface area contributed by atoms with Crippen molar-refractivity contribution in [3.8, 4) is 0 Å². The molecule has 1 aromatic carbocycles. The molecule has 2 saturated heterocycles. The molecule has 0 unspecified atom stereocenters. The molecule has 1 aromatic heterocycles. The van der Waals surface area contributed by atoms with Gasteiger partial charge < -0.3 is 9.67 Å². The van der Waals surface area contributed by atoms with Crippen molar-refractivity contribution < 1.29 is 13.5 Å². The van der Waals surface area contributed by atoms with E-state index >= 15 is 0 Å². The van der Waals surface area contributed by atoms with Crippen LogP contribution in [0.25, 0.3) is 5.57 Å². The van der Waals surface area contributed by atoms with Crippen molar-refractivity contribution >= 4 is 15.6 Å². The van der Waals surface area contributed by atoms with Gasteiger partial charge in [0, 0.05) is 44.3 Å². The van der Waals surface area contributed by atoms with Crippen LogP contribution in [-0.2, 0) is 17.1 Å².